The monoisotopic (exact) mass is 248 g/mol. The summed E-state index contributed by atoms with van der Waals surface area (Å²) >= 11 is 0. The zero-order valence-corrected chi connectivity index (χ0v) is 12.4. The zero-order valence-electron chi connectivity index (χ0n) is 12.4. The van der Waals surface area contributed by atoms with E-state index in [1.54, 1.807) is 0 Å². The Morgan fingerprint density at radius 2 is 1.61 bits per heavy atom. The first kappa shape index (κ1) is 15.2. The van der Waals surface area contributed by atoms with E-state index < -0.39 is 0 Å². The first-order valence-corrected chi connectivity index (χ1v) is 7.06. The molecule has 0 aliphatic carbocycles. The van der Waals surface area contributed by atoms with Crippen molar-refractivity contribution in [2.24, 2.45) is 5.73 Å². The molecule has 0 saturated carbocycles. The Bertz CT molecular complexity index is 341. The van der Waals surface area contributed by atoms with Crippen molar-refractivity contribution < 1.29 is 0 Å². The smallest absolute Gasteiger partial charge is 0.0278 e. The highest BCUT2D eigenvalue weighted by atomic mass is 15.2. The van der Waals surface area contributed by atoms with Gasteiger partial charge in [-0.3, -0.25) is 4.90 Å². The van der Waals surface area contributed by atoms with Gasteiger partial charge < -0.3 is 5.73 Å². The lowest BCUT2D eigenvalue weighted by Gasteiger charge is -2.37. The lowest BCUT2D eigenvalue weighted by Crippen LogP contribution is -2.49. The summed E-state index contributed by atoms with van der Waals surface area (Å²) in [5, 5.41) is 0. The molecule has 0 bridgehead atoms. The van der Waals surface area contributed by atoms with Crippen LogP contribution in [0.25, 0.3) is 0 Å². The standard InChI is InChI=1S/C16H28N2/c1-5-11-18(16(3,4)13-17)12-15-9-7-14(6-2)8-10-15/h7-10H,5-6,11-13,17H2,1-4H3. The molecule has 0 unspecified atom stereocenters. The molecule has 0 heterocycles. The minimum atomic E-state index is 0.0689. The molecule has 1 aromatic rings. The number of nitrogens with two attached hydrogens (primary N) is 1. The fraction of sp³-hybridized carbons (Fsp3) is 0.625. The minimum Gasteiger partial charge on any atom is -0.329 e. The van der Waals surface area contributed by atoms with E-state index in [-0.39, 0.29) is 5.54 Å². The summed E-state index contributed by atoms with van der Waals surface area (Å²) in [6, 6.07) is 8.95. The Balaban J connectivity index is 2.76. The van der Waals surface area contributed by atoms with Gasteiger partial charge in [-0.2, -0.15) is 0 Å². The van der Waals surface area contributed by atoms with E-state index >= 15 is 0 Å². The second kappa shape index (κ2) is 6.91. The molecule has 1 aromatic carbocycles. The summed E-state index contributed by atoms with van der Waals surface area (Å²) in [6.45, 7) is 11.6. The summed E-state index contributed by atoms with van der Waals surface area (Å²) in [6.07, 6.45) is 2.27. The van der Waals surface area contributed by atoms with Crippen molar-refractivity contribution in [3.63, 3.8) is 0 Å². The number of aryl methyl sites for hydroxylation is 1. The molecule has 0 amide bonds. The summed E-state index contributed by atoms with van der Waals surface area (Å²) in [5.41, 5.74) is 8.74. The third-order valence-electron chi connectivity index (χ3n) is 3.65. The van der Waals surface area contributed by atoms with Gasteiger partial charge >= 0.3 is 0 Å². The maximum atomic E-state index is 5.90. The summed E-state index contributed by atoms with van der Waals surface area (Å²) in [7, 11) is 0. The van der Waals surface area contributed by atoms with Crippen LogP contribution in [0.3, 0.4) is 0 Å². The second-order valence-electron chi connectivity index (χ2n) is 5.61. The van der Waals surface area contributed by atoms with Crippen LogP contribution in [0.15, 0.2) is 24.3 Å². The molecule has 0 radical (unpaired) electrons. The second-order valence-corrected chi connectivity index (χ2v) is 5.61. The third-order valence-corrected chi connectivity index (χ3v) is 3.65. The fourth-order valence-corrected chi connectivity index (χ4v) is 2.10. The number of hydrogen-bond acceptors (Lipinski definition) is 2. The summed E-state index contributed by atoms with van der Waals surface area (Å²) in [5.74, 6) is 0. The van der Waals surface area contributed by atoms with Crippen molar-refractivity contribution in [3.8, 4) is 0 Å². The van der Waals surface area contributed by atoms with E-state index in [1.165, 1.54) is 11.1 Å². The molecule has 0 saturated heterocycles. The average molecular weight is 248 g/mol. The van der Waals surface area contributed by atoms with Crippen LogP contribution < -0.4 is 5.73 Å². The van der Waals surface area contributed by atoms with Gasteiger partial charge in [0.15, 0.2) is 0 Å². The van der Waals surface area contributed by atoms with Gasteiger partial charge in [-0.15, -0.1) is 0 Å². The molecular weight excluding hydrogens is 220 g/mol. The molecule has 0 atom stereocenters. The molecule has 1 rings (SSSR count). The number of benzene rings is 1. The Hall–Kier alpha value is -0.860. The number of nitrogens with zero attached hydrogens (tertiary/aromatic N) is 1. The maximum absolute atomic E-state index is 5.90. The van der Waals surface area contributed by atoms with E-state index in [2.05, 4.69) is 56.9 Å². The van der Waals surface area contributed by atoms with E-state index in [0.29, 0.717) is 6.54 Å². The van der Waals surface area contributed by atoms with Crippen LogP contribution in [0, 0.1) is 0 Å². The molecule has 0 spiro atoms. The number of rotatable bonds is 7. The van der Waals surface area contributed by atoms with Gasteiger partial charge in [0.1, 0.15) is 0 Å². The average Bonchev–Trinajstić information content (AvgIpc) is 2.39. The largest absolute Gasteiger partial charge is 0.329 e. The zero-order chi connectivity index (χ0) is 13.6. The van der Waals surface area contributed by atoms with Crippen molar-refractivity contribution in [1.82, 2.24) is 4.90 Å². The quantitative estimate of drug-likeness (QED) is 0.803. The summed E-state index contributed by atoms with van der Waals surface area (Å²) in [4.78, 5) is 2.48. The van der Waals surface area contributed by atoms with Crippen molar-refractivity contribution in [1.29, 1.82) is 0 Å². The highest BCUT2D eigenvalue weighted by molar-refractivity contribution is 5.22. The molecule has 0 aliphatic heterocycles. The molecule has 2 heteroatoms. The molecule has 0 aliphatic rings. The van der Waals surface area contributed by atoms with Crippen molar-refractivity contribution in [3.05, 3.63) is 35.4 Å². The van der Waals surface area contributed by atoms with Crippen LogP contribution in [0.4, 0.5) is 0 Å². The molecule has 2 nitrogen and oxygen atoms in total. The van der Waals surface area contributed by atoms with Gasteiger partial charge in [0, 0.05) is 18.6 Å². The Labute approximate surface area is 112 Å². The lowest BCUT2D eigenvalue weighted by atomic mass is 10.0. The van der Waals surface area contributed by atoms with E-state index in [1.807, 2.05) is 0 Å². The number of hydrogen-bond donors (Lipinski definition) is 1. The predicted octanol–water partition coefficient (Wildman–Crippen LogP) is 3.20. The molecule has 0 aromatic heterocycles. The van der Waals surface area contributed by atoms with Crippen LogP contribution in [0.5, 0.6) is 0 Å². The van der Waals surface area contributed by atoms with Gasteiger partial charge in [0.25, 0.3) is 0 Å². The van der Waals surface area contributed by atoms with Gasteiger partial charge in [-0.25, -0.2) is 0 Å². The minimum absolute atomic E-state index is 0.0689. The van der Waals surface area contributed by atoms with Crippen molar-refractivity contribution in [2.75, 3.05) is 13.1 Å². The molecule has 0 fully saturated rings. The SMILES string of the molecule is CCCN(Cc1ccc(CC)cc1)C(C)(C)CN. The van der Waals surface area contributed by atoms with Crippen LogP contribution in [-0.4, -0.2) is 23.5 Å². The highest BCUT2D eigenvalue weighted by Gasteiger charge is 2.24. The van der Waals surface area contributed by atoms with Gasteiger partial charge in [0.2, 0.25) is 0 Å². The van der Waals surface area contributed by atoms with Crippen LogP contribution >= 0.6 is 0 Å². The van der Waals surface area contributed by atoms with E-state index in [9.17, 15) is 0 Å². The van der Waals surface area contributed by atoms with Gasteiger partial charge in [-0.05, 0) is 44.4 Å². The van der Waals surface area contributed by atoms with Crippen LogP contribution in [-0.2, 0) is 13.0 Å². The van der Waals surface area contributed by atoms with Crippen LogP contribution in [0.1, 0.15) is 45.2 Å². The van der Waals surface area contributed by atoms with Gasteiger partial charge in [0.05, 0.1) is 0 Å². The first-order valence-electron chi connectivity index (χ1n) is 7.06. The topological polar surface area (TPSA) is 29.3 Å². The Kier molecular flexibility index (Phi) is 5.83. The third kappa shape index (κ3) is 4.11. The van der Waals surface area contributed by atoms with E-state index in [0.717, 1.165) is 25.9 Å². The Morgan fingerprint density at radius 3 is 2.06 bits per heavy atom. The summed E-state index contributed by atoms with van der Waals surface area (Å²) < 4.78 is 0. The normalized spacial score (nSPS) is 12.1. The lowest BCUT2D eigenvalue weighted by molar-refractivity contribution is 0.118. The van der Waals surface area contributed by atoms with Crippen molar-refractivity contribution >= 4 is 0 Å². The fourth-order valence-electron chi connectivity index (χ4n) is 2.10. The molecule has 18 heavy (non-hydrogen) atoms. The Morgan fingerprint density at radius 1 is 1.06 bits per heavy atom. The highest BCUT2D eigenvalue weighted by Crippen LogP contribution is 2.18. The van der Waals surface area contributed by atoms with Crippen molar-refractivity contribution in [2.45, 2.75) is 52.6 Å². The molecular formula is C16H28N2. The first-order chi connectivity index (χ1) is 8.53. The van der Waals surface area contributed by atoms with E-state index in [4.69, 9.17) is 5.73 Å². The van der Waals surface area contributed by atoms with Gasteiger partial charge in [-0.1, -0.05) is 38.1 Å². The molecule has 2 N–H and O–H groups in total. The van der Waals surface area contributed by atoms with Crippen LogP contribution in [0.2, 0.25) is 0 Å². The predicted molar refractivity (Wildman–Crippen MR) is 79.7 cm³/mol. The maximum Gasteiger partial charge on any atom is 0.0278 e. The molecule has 102 valence electrons.